The fourth-order valence-electron chi connectivity index (χ4n) is 3.66. The number of ether oxygens (including phenoxy) is 1. The Balaban J connectivity index is 0.000000429. The van der Waals surface area contributed by atoms with Crippen LogP contribution in [0.2, 0.25) is 0 Å². The molecule has 0 spiro atoms. The van der Waals surface area contributed by atoms with Gasteiger partial charge in [0.1, 0.15) is 11.8 Å². The Morgan fingerprint density at radius 3 is 2.46 bits per heavy atom. The van der Waals surface area contributed by atoms with Gasteiger partial charge < -0.3 is 25.1 Å². The van der Waals surface area contributed by atoms with Gasteiger partial charge in [0.15, 0.2) is 11.2 Å². The van der Waals surface area contributed by atoms with Crippen LogP contribution in [0.15, 0.2) is 42.6 Å². The predicted octanol–water partition coefficient (Wildman–Crippen LogP) is 1.44. The summed E-state index contributed by atoms with van der Waals surface area (Å²) in [6, 6.07) is 10.5. The molecule has 2 aromatic heterocycles. The molecule has 0 unspecified atom stereocenters. The molecule has 1 aliphatic heterocycles. The molecular formula is C23H23F4N3O5. The number of aliphatic hydroxyl groups is 1. The largest absolute Gasteiger partial charge is 0.542 e. The number of nitrogens with one attached hydrogen (secondary N) is 2. The quantitative estimate of drug-likeness (QED) is 0.373. The monoisotopic (exact) mass is 497 g/mol. The number of benzene rings is 1. The van der Waals surface area contributed by atoms with Crippen LogP contribution in [0.5, 0.6) is 0 Å². The van der Waals surface area contributed by atoms with Gasteiger partial charge in [0.2, 0.25) is 0 Å². The summed E-state index contributed by atoms with van der Waals surface area (Å²) in [5, 5.41) is 21.6. The van der Waals surface area contributed by atoms with Gasteiger partial charge in [-0.15, -0.1) is 0 Å². The molecule has 1 aliphatic rings. The van der Waals surface area contributed by atoms with Crippen LogP contribution < -0.4 is 14.8 Å². The summed E-state index contributed by atoms with van der Waals surface area (Å²) in [5.74, 6) is -3.43. The number of halogens is 4. The molecule has 0 saturated carbocycles. The summed E-state index contributed by atoms with van der Waals surface area (Å²) in [6.45, 7) is 2.64. The number of nitrogens with zero attached hydrogens (tertiary/aromatic N) is 1. The number of aliphatic hydroxyl groups excluding tert-OH is 1. The molecule has 1 amide bonds. The van der Waals surface area contributed by atoms with Crippen LogP contribution in [0.3, 0.4) is 0 Å². The number of aliphatic carboxylic acids is 1. The van der Waals surface area contributed by atoms with Crippen LogP contribution in [0.1, 0.15) is 29.0 Å². The molecule has 12 heteroatoms. The first-order valence-corrected chi connectivity index (χ1v) is 10.6. The van der Waals surface area contributed by atoms with Gasteiger partial charge in [-0.2, -0.15) is 17.6 Å². The highest BCUT2D eigenvalue weighted by atomic mass is 19.4. The lowest BCUT2D eigenvalue weighted by Crippen LogP contribution is -2.55. The summed E-state index contributed by atoms with van der Waals surface area (Å²) >= 11 is 0. The highest BCUT2D eigenvalue weighted by Gasteiger charge is 2.37. The molecule has 1 fully saturated rings. The number of hydrogen-bond acceptors (Lipinski definition) is 5. The number of aromatic nitrogens is 2. The maximum absolute atomic E-state index is 14.6. The standard InChI is InChI=1S/C21H22FN3O3.C2HF3O2/c1-14-5-6-15(16(22)12-14)18-17-4-2-3-9-25(17)19(23-18)20(27)24-21(13-26)7-10-28-11-8-21;3-2(4,5)1(6)7/h2-6,9,12,26H,7-8,10-11,13H2,1H3,(H,24,27);(H,6,7). The summed E-state index contributed by atoms with van der Waals surface area (Å²) in [6.07, 6.45) is -2.36. The Morgan fingerprint density at radius 1 is 1.23 bits per heavy atom. The Kier molecular flexibility index (Phi) is 7.76. The van der Waals surface area contributed by atoms with E-state index in [1.165, 1.54) is 6.07 Å². The van der Waals surface area contributed by atoms with Gasteiger partial charge in [-0.25, -0.2) is 9.37 Å². The number of carbonyl (C=O) groups excluding carboxylic acids is 2. The molecule has 3 N–H and O–H groups in total. The van der Waals surface area contributed by atoms with E-state index < -0.39 is 17.7 Å². The van der Waals surface area contributed by atoms with Crippen molar-refractivity contribution in [2.24, 2.45) is 0 Å². The number of imidazole rings is 1. The average Bonchev–Trinajstić information content (AvgIpc) is 3.19. The lowest BCUT2D eigenvalue weighted by molar-refractivity contribution is -0.514. The smallest absolute Gasteiger partial charge is 0.430 e. The Labute approximate surface area is 197 Å². The minimum absolute atomic E-state index is 0.162. The van der Waals surface area contributed by atoms with Crippen molar-refractivity contribution in [3.05, 3.63) is 59.8 Å². The molecule has 3 heterocycles. The second kappa shape index (κ2) is 10.4. The Morgan fingerprint density at radius 2 is 1.89 bits per heavy atom. The normalized spacial score (nSPS) is 15.3. The van der Waals surface area contributed by atoms with Gasteiger partial charge in [0.25, 0.3) is 0 Å². The van der Waals surface area contributed by atoms with Crippen LogP contribution in [0.4, 0.5) is 17.6 Å². The number of amides is 1. The Bertz CT molecular complexity index is 1220. The van der Waals surface area contributed by atoms with Crippen molar-refractivity contribution in [2.45, 2.75) is 31.5 Å². The zero-order valence-corrected chi connectivity index (χ0v) is 18.6. The van der Waals surface area contributed by atoms with Gasteiger partial charge in [0, 0.05) is 13.2 Å². The molecule has 0 bridgehead atoms. The molecule has 188 valence electrons. The Hall–Kier alpha value is -3.51. The predicted molar refractivity (Wildman–Crippen MR) is 112 cm³/mol. The number of hydrogen-bond donors (Lipinski definition) is 3. The number of carboxylic acid groups (broad SMARTS) is 1. The number of alkyl halides is 3. The van der Waals surface area contributed by atoms with E-state index >= 15 is 0 Å². The van der Waals surface area contributed by atoms with Crippen LogP contribution in [-0.4, -0.2) is 53.5 Å². The first-order valence-electron chi connectivity index (χ1n) is 10.6. The highest BCUT2D eigenvalue weighted by Crippen LogP contribution is 2.26. The fourth-order valence-corrected chi connectivity index (χ4v) is 3.66. The topological polar surface area (TPSA) is 119 Å². The number of aromatic amines is 1. The lowest BCUT2D eigenvalue weighted by atomic mass is 9.91. The molecule has 35 heavy (non-hydrogen) atoms. The molecule has 1 aromatic carbocycles. The number of pyridine rings is 1. The van der Waals surface area contributed by atoms with E-state index in [1.54, 1.807) is 16.7 Å². The van der Waals surface area contributed by atoms with Gasteiger partial charge >= 0.3 is 17.9 Å². The van der Waals surface area contributed by atoms with Crippen molar-refractivity contribution in [1.29, 1.82) is 0 Å². The van der Waals surface area contributed by atoms with Gasteiger partial charge in [0.05, 0.1) is 23.9 Å². The van der Waals surface area contributed by atoms with Crippen molar-refractivity contribution in [3.8, 4) is 11.3 Å². The second-order valence-electron chi connectivity index (χ2n) is 8.08. The maximum Gasteiger partial charge on any atom is 0.430 e. The first-order chi connectivity index (χ1) is 16.5. The third-order valence-corrected chi connectivity index (χ3v) is 5.57. The lowest BCUT2D eigenvalue weighted by Gasteiger charge is -2.35. The van der Waals surface area contributed by atoms with Crippen molar-refractivity contribution in [3.63, 3.8) is 0 Å². The molecule has 0 radical (unpaired) electrons. The van der Waals surface area contributed by atoms with E-state index in [-0.39, 0.29) is 24.2 Å². The molecular weight excluding hydrogens is 474 g/mol. The number of aryl methyl sites for hydroxylation is 1. The van der Waals surface area contributed by atoms with E-state index in [1.807, 2.05) is 31.2 Å². The SMILES string of the molecule is Cc1ccc(-c2[nH]c(C(=O)NC3(CO)CCOCC3)[n+]3ccccc23)c(F)c1.O=C([O-])C(F)(F)F. The zero-order valence-electron chi connectivity index (χ0n) is 18.6. The van der Waals surface area contributed by atoms with E-state index in [4.69, 9.17) is 14.6 Å². The minimum atomic E-state index is -5.19. The number of H-pyrrole nitrogens is 1. The molecule has 1 saturated heterocycles. The van der Waals surface area contributed by atoms with Crippen LogP contribution in [0.25, 0.3) is 16.8 Å². The fraction of sp³-hybridized carbons (Fsp3) is 0.348. The van der Waals surface area contributed by atoms with E-state index in [0.717, 1.165) is 5.56 Å². The summed E-state index contributed by atoms with van der Waals surface area (Å²) in [5.41, 5.74) is 1.74. The third-order valence-electron chi connectivity index (χ3n) is 5.57. The second-order valence-corrected chi connectivity index (χ2v) is 8.08. The number of carbonyl (C=O) groups is 2. The van der Waals surface area contributed by atoms with Crippen molar-refractivity contribution in [2.75, 3.05) is 19.8 Å². The maximum atomic E-state index is 14.6. The van der Waals surface area contributed by atoms with Crippen LogP contribution in [0, 0.1) is 12.7 Å². The number of rotatable bonds is 4. The van der Waals surface area contributed by atoms with Gasteiger partial charge in [-0.3, -0.25) is 4.79 Å². The molecule has 8 nitrogen and oxygen atoms in total. The van der Waals surface area contributed by atoms with E-state index in [9.17, 15) is 27.5 Å². The summed E-state index contributed by atoms with van der Waals surface area (Å²) < 4.78 is 53.2. The van der Waals surface area contributed by atoms with Crippen molar-refractivity contribution < 1.29 is 46.5 Å². The molecule has 0 aliphatic carbocycles. The molecule has 3 aromatic rings. The highest BCUT2D eigenvalue weighted by molar-refractivity contribution is 5.92. The van der Waals surface area contributed by atoms with Gasteiger partial charge in [-0.1, -0.05) is 12.1 Å². The van der Waals surface area contributed by atoms with Crippen LogP contribution >= 0.6 is 0 Å². The van der Waals surface area contributed by atoms with E-state index in [2.05, 4.69) is 10.3 Å². The van der Waals surface area contributed by atoms with Crippen LogP contribution in [-0.2, 0) is 9.53 Å². The number of carboxylic acids is 1. The van der Waals surface area contributed by atoms with Crippen molar-refractivity contribution in [1.82, 2.24) is 10.3 Å². The average molecular weight is 497 g/mol. The number of fused-ring (bicyclic) bond motifs is 1. The molecule has 4 rings (SSSR count). The minimum Gasteiger partial charge on any atom is -0.542 e. The summed E-state index contributed by atoms with van der Waals surface area (Å²) in [4.78, 5) is 24.9. The van der Waals surface area contributed by atoms with Crippen molar-refractivity contribution >= 4 is 17.4 Å². The first kappa shape index (κ1) is 26.1. The van der Waals surface area contributed by atoms with E-state index in [0.29, 0.717) is 42.8 Å². The summed E-state index contributed by atoms with van der Waals surface area (Å²) in [7, 11) is 0. The third kappa shape index (κ3) is 5.95. The molecule has 0 atom stereocenters. The zero-order chi connectivity index (χ0) is 25.8. The van der Waals surface area contributed by atoms with Gasteiger partial charge in [-0.05, 0) is 49.6 Å².